The maximum Gasteiger partial charge on any atom is 0.418 e. The lowest BCUT2D eigenvalue weighted by Crippen LogP contribution is -2.09. The van der Waals surface area contributed by atoms with E-state index in [1.807, 2.05) is 0 Å². The Morgan fingerprint density at radius 2 is 1.12 bits per heavy atom. The van der Waals surface area contributed by atoms with Gasteiger partial charge in [0.05, 0.1) is 35.4 Å². The van der Waals surface area contributed by atoms with E-state index < -0.39 is 73.4 Å². The second kappa shape index (κ2) is 10.1. The molecule has 0 aliphatic rings. The standard InChI is InChI=1S/C21H14Cl2F6O5/c1-33-12-7-9(14(20(24,25)26)16(22)18(12)31)3-5-11(30)6-4-10-8-13(34-2)19(32)17(23)15(10)21(27,28)29/h3-8,31-32H,1-2H3/b5-3+,6-4+. The Labute approximate surface area is 198 Å². The molecule has 0 amide bonds. The summed E-state index contributed by atoms with van der Waals surface area (Å²) in [6.45, 7) is 0. The van der Waals surface area contributed by atoms with Crippen LogP contribution in [0.4, 0.5) is 26.3 Å². The van der Waals surface area contributed by atoms with E-state index in [-0.39, 0.29) is 0 Å². The zero-order valence-electron chi connectivity index (χ0n) is 17.1. The third-order valence-corrected chi connectivity index (χ3v) is 5.07. The topological polar surface area (TPSA) is 76.0 Å². The summed E-state index contributed by atoms with van der Waals surface area (Å²) in [7, 11) is 2.13. The van der Waals surface area contributed by atoms with Gasteiger partial charge in [0.2, 0.25) is 0 Å². The molecule has 0 radical (unpaired) electrons. The number of hydrogen-bond acceptors (Lipinski definition) is 5. The molecule has 0 aromatic heterocycles. The highest BCUT2D eigenvalue weighted by molar-refractivity contribution is 6.33. The first-order valence-corrected chi connectivity index (χ1v) is 9.62. The molecular formula is C21H14Cl2F6O5. The number of rotatable bonds is 6. The van der Waals surface area contributed by atoms with E-state index >= 15 is 0 Å². The third-order valence-electron chi connectivity index (χ3n) is 4.33. The first kappa shape index (κ1) is 27.2. The highest BCUT2D eigenvalue weighted by Gasteiger charge is 2.39. The summed E-state index contributed by atoms with van der Waals surface area (Å²) in [6, 6.07) is 1.56. The van der Waals surface area contributed by atoms with Crippen molar-refractivity contribution in [3.63, 3.8) is 0 Å². The van der Waals surface area contributed by atoms with Gasteiger partial charge in [-0.05, 0) is 35.4 Å². The number of phenolic OH excluding ortho intramolecular Hbond substituents is 2. The highest BCUT2D eigenvalue weighted by Crippen LogP contribution is 2.47. The van der Waals surface area contributed by atoms with Crippen LogP contribution in [0.25, 0.3) is 12.2 Å². The minimum Gasteiger partial charge on any atom is -0.503 e. The molecule has 0 spiro atoms. The van der Waals surface area contributed by atoms with Gasteiger partial charge >= 0.3 is 12.4 Å². The number of carbonyl (C=O) groups excluding carboxylic acids is 1. The molecule has 0 fully saturated rings. The number of ketones is 1. The number of alkyl halides is 6. The molecule has 2 aromatic rings. The molecule has 0 saturated carbocycles. The lowest BCUT2D eigenvalue weighted by molar-refractivity contribution is -0.138. The Morgan fingerprint density at radius 3 is 1.38 bits per heavy atom. The zero-order valence-corrected chi connectivity index (χ0v) is 18.6. The summed E-state index contributed by atoms with van der Waals surface area (Å²) in [5.74, 6) is -3.73. The second-order valence-electron chi connectivity index (χ2n) is 6.48. The fourth-order valence-corrected chi connectivity index (χ4v) is 3.44. The van der Waals surface area contributed by atoms with E-state index in [0.29, 0.717) is 24.3 Å². The number of methoxy groups -OCH3 is 2. The van der Waals surface area contributed by atoms with Crippen molar-refractivity contribution in [2.75, 3.05) is 14.2 Å². The lowest BCUT2D eigenvalue weighted by Gasteiger charge is -2.16. The minimum atomic E-state index is -5.01. The molecule has 0 atom stereocenters. The number of phenols is 2. The molecule has 13 heteroatoms. The lowest BCUT2D eigenvalue weighted by atomic mass is 10.0. The van der Waals surface area contributed by atoms with Gasteiger partial charge in [-0.3, -0.25) is 4.79 Å². The zero-order chi connectivity index (χ0) is 26.0. The van der Waals surface area contributed by atoms with Crippen LogP contribution in [0.1, 0.15) is 22.3 Å². The molecule has 2 aromatic carbocycles. The van der Waals surface area contributed by atoms with Crippen LogP contribution in [0.3, 0.4) is 0 Å². The number of aromatic hydroxyl groups is 2. The van der Waals surface area contributed by atoms with Crippen LogP contribution in [0, 0.1) is 0 Å². The van der Waals surface area contributed by atoms with E-state index in [0.717, 1.165) is 26.4 Å². The van der Waals surface area contributed by atoms with Crippen LogP contribution in [0.5, 0.6) is 23.0 Å². The number of benzene rings is 2. The molecule has 0 aliphatic carbocycles. The van der Waals surface area contributed by atoms with E-state index in [4.69, 9.17) is 32.7 Å². The number of halogens is 8. The summed E-state index contributed by atoms with van der Waals surface area (Å²) in [5, 5.41) is 17.4. The van der Waals surface area contributed by atoms with E-state index in [1.54, 1.807) is 0 Å². The Morgan fingerprint density at radius 1 is 0.794 bits per heavy atom. The molecule has 34 heavy (non-hydrogen) atoms. The number of hydrogen-bond donors (Lipinski definition) is 2. The van der Waals surface area contributed by atoms with Crippen LogP contribution in [0.15, 0.2) is 24.3 Å². The molecule has 0 bridgehead atoms. The van der Waals surface area contributed by atoms with Gasteiger partial charge in [-0.2, -0.15) is 26.3 Å². The number of allylic oxidation sites excluding steroid dienone is 2. The smallest absolute Gasteiger partial charge is 0.418 e. The molecule has 2 N–H and O–H groups in total. The predicted molar refractivity (Wildman–Crippen MR) is 112 cm³/mol. The summed E-state index contributed by atoms with van der Waals surface area (Å²) in [4.78, 5) is 12.2. The maximum atomic E-state index is 13.4. The van der Waals surface area contributed by atoms with Crippen LogP contribution in [0.2, 0.25) is 10.0 Å². The normalized spacial score (nSPS) is 12.5. The van der Waals surface area contributed by atoms with Crippen molar-refractivity contribution in [1.82, 2.24) is 0 Å². The van der Waals surface area contributed by atoms with Gasteiger partial charge in [0.25, 0.3) is 0 Å². The van der Waals surface area contributed by atoms with Gasteiger partial charge in [0, 0.05) is 0 Å². The van der Waals surface area contributed by atoms with E-state index in [1.165, 1.54) is 0 Å². The second-order valence-corrected chi connectivity index (χ2v) is 7.23. The average molecular weight is 531 g/mol. The van der Waals surface area contributed by atoms with Crippen LogP contribution < -0.4 is 9.47 Å². The van der Waals surface area contributed by atoms with Gasteiger partial charge in [0.1, 0.15) is 0 Å². The van der Waals surface area contributed by atoms with E-state index in [9.17, 15) is 41.4 Å². The summed E-state index contributed by atoms with van der Waals surface area (Å²) in [5.41, 5.74) is -4.18. The predicted octanol–water partition coefficient (Wildman–Crippen LogP) is 6.76. The van der Waals surface area contributed by atoms with Gasteiger partial charge in [-0.15, -0.1) is 0 Å². The molecule has 5 nitrogen and oxygen atoms in total. The first-order chi connectivity index (χ1) is 15.6. The number of ether oxygens (including phenoxy) is 2. The monoisotopic (exact) mass is 530 g/mol. The largest absolute Gasteiger partial charge is 0.503 e. The summed E-state index contributed by atoms with van der Waals surface area (Å²) >= 11 is 11.2. The van der Waals surface area contributed by atoms with Crippen molar-refractivity contribution in [3.8, 4) is 23.0 Å². The van der Waals surface area contributed by atoms with Crippen molar-refractivity contribution in [2.24, 2.45) is 0 Å². The van der Waals surface area contributed by atoms with Crippen LogP contribution in [-0.4, -0.2) is 30.2 Å². The Balaban J connectivity index is 2.51. The van der Waals surface area contributed by atoms with Crippen molar-refractivity contribution in [2.45, 2.75) is 12.4 Å². The van der Waals surface area contributed by atoms with Crippen molar-refractivity contribution in [3.05, 3.63) is 56.6 Å². The van der Waals surface area contributed by atoms with Gasteiger partial charge in [-0.25, -0.2) is 0 Å². The Kier molecular flexibility index (Phi) is 8.05. The fourth-order valence-electron chi connectivity index (χ4n) is 2.82. The number of carbonyl (C=O) groups is 1. The van der Waals surface area contributed by atoms with Gasteiger partial charge in [-0.1, -0.05) is 35.4 Å². The molecule has 0 unspecified atom stereocenters. The maximum absolute atomic E-state index is 13.4. The SMILES string of the molecule is COc1cc(/C=C/C(=O)/C=C/c2cc(OC)c(O)c(Cl)c2C(F)(F)F)c(C(F)(F)F)c(Cl)c1O. The van der Waals surface area contributed by atoms with Crippen molar-refractivity contribution in [1.29, 1.82) is 0 Å². The third kappa shape index (κ3) is 5.71. The van der Waals surface area contributed by atoms with Crippen molar-refractivity contribution < 1.29 is 50.8 Å². The average Bonchev–Trinajstić information content (AvgIpc) is 2.72. The van der Waals surface area contributed by atoms with Crippen LogP contribution >= 0.6 is 23.2 Å². The minimum absolute atomic E-state index is 0.402. The molecule has 0 aliphatic heterocycles. The Hall–Kier alpha value is -3.05. The fraction of sp³-hybridized carbons (Fsp3) is 0.190. The molecule has 0 heterocycles. The van der Waals surface area contributed by atoms with Gasteiger partial charge < -0.3 is 19.7 Å². The van der Waals surface area contributed by atoms with Crippen molar-refractivity contribution >= 4 is 41.1 Å². The van der Waals surface area contributed by atoms with Gasteiger partial charge in [0.15, 0.2) is 28.8 Å². The molecule has 184 valence electrons. The molecule has 2 rings (SSSR count). The molecular weight excluding hydrogens is 517 g/mol. The summed E-state index contributed by atoms with van der Waals surface area (Å²) < 4.78 is 89.9. The Bertz CT molecular complexity index is 1080. The highest BCUT2D eigenvalue weighted by atomic mass is 35.5. The summed E-state index contributed by atoms with van der Waals surface area (Å²) in [6.07, 6.45) is -7.34. The molecule has 0 saturated heterocycles. The first-order valence-electron chi connectivity index (χ1n) is 8.86. The van der Waals surface area contributed by atoms with E-state index in [2.05, 4.69) is 0 Å². The quantitative estimate of drug-likeness (QED) is 0.319. The van der Waals surface area contributed by atoms with Crippen LogP contribution in [-0.2, 0) is 17.1 Å².